The molecule has 9 heteroatoms. The lowest BCUT2D eigenvalue weighted by molar-refractivity contribution is -0.308. The van der Waals surface area contributed by atoms with Crippen LogP contribution in [0.1, 0.15) is 36.1 Å². The summed E-state index contributed by atoms with van der Waals surface area (Å²) in [5.41, 5.74) is 1.39. The van der Waals surface area contributed by atoms with E-state index in [9.17, 15) is 13.2 Å². The average Bonchev–Trinajstić information content (AvgIpc) is 2.83. The van der Waals surface area contributed by atoms with Gasteiger partial charge in [-0.15, -0.1) is 0 Å². The van der Waals surface area contributed by atoms with E-state index in [1.165, 1.54) is 6.07 Å². The maximum absolute atomic E-state index is 12.9. The van der Waals surface area contributed by atoms with Gasteiger partial charge in [-0.1, -0.05) is 53.7 Å². The van der Waals surface area contributed by atoms with Gasteiger partial charge in [0.25, 0.3) is 6.29 Å². The number of nitrogens with zero attached hydrogens (tertiary/aromatic N) is 1. The second-order valence-corrected chi connectivity index (χ2v) is 7.99. The van der Waals surface area contributed by atoms with Gasteiger partial charge in [0.05, 0.1) is 17.9 Å². The fourth-order valence-corrected chi connectivity index (χ4v) is 3.87. The van der Waals surface area contributed by atoms with Gasteiger partial charge in [-0.3, -0.25) is 0 Å². The molecule has 0 spiro atoms. The van der Waals surface area contributed by atoms with Crippen LogP contribution in [0, 0.1) is 0 Å². The molecule has 1 heterocycles. The molecule has 0 aliphatic carbocycles. The highest BCUT2D eigenvalue weighted by atomic mass is 19.4. The highest BCUT2D eigenvalue weighted by Crippen LogP contribution is 2.30. The molecule has 1 saturated heterocycles. The summed E-state index contributed by atoms with van der Waals surface area (Å²) < 4.78 is 61.4. The molecule has 0 aromatic heterocycles. The summed E-state index contributed by atoms with van der Waals surface area (Å²) in [6.45, 7) is 4.26. The van der Waals surface area contributed by atoms with Crippen molar-refractivity contribution in [2.75, 3.05) is 20.8 Å². The SMILES string of the molecule is CCO[C@@H]1[C@@H](OC)[C@H](C)O[C@@H](ON=Cc2ccc(C=Cc3cccc(C(F)(F)F)c3)cc2)[C@@H]1OC. The molecule has 190 valence electrons. The van der Waals surface area contributed by atoms with Gasteiger partial charge in [0, 0.05) is 20.8 Å². The third-order valence-electron chi connectivity index (χ3n) is 5.62. The van der Waals surface area contributed by atoms with E-state index in [0.717, 1.165) is 23.3 Å². The first-order valence-corrected chi connectivity index (χ1v) is 11.2. The van der Waals surface area contributed by atoms with Crippen LogP contribution < -0.4 is 0 Å². The Morgan fingerprint density at radius 2 is 1.57 bits per heavy atom. The molecule has 1 aliphatic rings. The predicted octanol–water partition coefficient (Wildman–Crippen LogP) is 5.41. The minimum Gasteiger partial charge on any atom is -0.376 e. The molecular weight excluding hydrogens is 463 g/mol. The predicted molar refractivity (Wildman–Crippen MR) is 127 cm³/mol. The van der Waals surface area contributed by atoms with Gasteiger partial charge in [0.15, 0.2) is 6.10 Å². The van der Waals surface area contributed by atoms with Crippen molar-refractivity contribution in [1.82, 2.24) is 0 Å². The zero-order valence-electron chi connectivity index (χ0n) is 20.1. The van der Waals surface area contributed by atoms with Gasteiger partial charge in [-0.05, 0) is 42.7 Å². The summed E-state index contributed by atoms with van der Waals surface area (Å²) in [5, 5.41) is 4.05. The van der Waals surface area contributed by atoms with Gasteiger partial charge in [-0.25, -0.2) is 0 Å². The minimum absolute atomic E-state index is 0.286. The fraction of sp³-hybridized carbons (Fsp3) is 0.423. The number of benzene rings is 2. The van der Waals surface area contributed by atoms with Crippen LogP contribution in [0.5, 0.6) is 0 Å². The largest absolute Gasteiger partial charge is 0.416 e. The highest BCUT2D eigenvalue weighted by Gasteiger charge is 2.47. The number of hydrogen-bond donors (Lipinski definition) is 0. The maximum Gasteiger partial charge on any atom is 0.416 e. The first-order chi connectivity index (χ1) is 16.8. The lowest BCUT2D eigenvalue weighted by atomic mass is 9.99. The Balaban J connectivity index is 1.62. The molecule has 0 bridgehead atoms. The van der Waals surface area contributed by atoms with Gasteiger partial charge < -0.3 is 23.8 Å². The van der Waals surface area contributed by atoms with E-state index in [2.05, 4.69) is 5.16 Å². The molecule has 1 fully saturated rings. The van der Waals surface area contributed by atoms with E-state index in [0.29, 0.717) is 12.2 Å². The topological polar surface area (TPSA) is 58.5 Å². The van der Waals surface area contributed by atoms with Crippen molar-refractivity contribution in [1.29, 1.82) is 0 Å². The van der Waals surface area contributed by atoms with Crippen molar-refractivity contribution in [2.24, 2.45) is 5.16 Å². The molecule has 5 atom stereocenters. The van der Waals surface area contributed by atoms with E-state index < -0.39 is 24.1 Å². The summed E-state index contributed by atoms with van der Waals surface area (Å²) in [4.78, 5) is 5.59. The summed E-state index contributed by atoms with van der Waals surface area (Å²) in [7, 11) is 3.15. The van der Waals surface area contributed by atoms with Crippen molar-refractivity contribution >= 4 is 18.4 Å². The van der Waals surface area contributed by atoms with Gasteiger partial charge >= 0.3 is 6.18 Å². The molecule has 0 N–H and O–H groups in total. The number of rotatable bonds is 9. The minimum atomic E-state index is -4.37. The van der Waals surface area contributed by atoms with Gasteiger partial charge in [0.2, 0.25) is 0 Å². The Hall–Kier alpha value is -2.72. The monoisotopic (exact) mass is 493 g/mol. The molecule has 2 aromatic rings. The third-order valence-corrected chi connectivity index (χ3v) is 5.62. The number of hydrogen-bond acceptors (Lipinski definition) is 6. The molecule has 1 aliphatic heterocycles. The molecule has 3 rings (SSSR count). The second-order valence-electron chi connectivity index (χ2n) is 7.99. The van der Waals surface area contributed by atoms with Crippen molar-refractivity contribution < 1.29 is 37.0 Å². The van der Waals surface area contributed by atoms with E-state index in [4.69, 9.17) is 23.8 Å². The smallest absolute Gasteiger partial charge is 0.376 e. The normalized spacial score (nSPS) is 25.4. The number of ether oxygens (including phenoxy) is 4. The maximum atomic E-state index is 12.9. The van der Waals surface area contributed by atoms with Crippen LogP contribution in [0.2, 0.25) is 0 Å². The standard InChI is InChI=1S/C26H30F3NO5/c1-5-33-23-22(31-3)17(2)34-25(24(23)32-4)35-30-16-20-13-10-18(11-14-20)9-12-19-7-6-8-21(15-19)26(27,28)29/h6-17,22-25H,5H2,1-4H3/t17-,22-,23+,24+,25-/m0/s1. The Bertz CT molecular complexity index is 993. The summed E-state index contributed by atoms with van der Waals surface area (Å²) in [5.74, 6) is 0. The van der Waals surface area contributed by atoms with Crippen LogP contribution in [-0.4, -0.2) is 57.7 Å². The molecule has 0 amide bonds. The molecule has 35 heavy (non-hydrogen) atoms. The van der Waals surface area contributed by atoms with Crippen LogP contribution in [0.3, 0.4) is 0 Å². The zero-order chi connectivity index (χ0) is 25.4. The molecule has 0 saturated carbocycles. The average molecular weight is 494 g/mol. The Kier molecular flexibility index (Phi) is 9.45. The van der Waals surface area contributed by atoms with Crippen LogP contribution in [0.4, 0.5) is 13.2 Å². The van der Waals surface area contributed by atoms with Crippen LogP contribution in [-0.2, 0) is 30.0 Å². The first-order valence-electron chi connectivity index (χ1n) is 11.2. The van der Waals surface area contributed by atoms with Gasteiger partial charge in [-0.2, -0.15) is 13.2 Å². The highest BCUT2D eigenvalue weighted by molar-refractivity contribution is 5.80. The van der Waals surface area contributed by atoms with E-state index in [-0.39, 0.29) is 18.3 Å². The van der Waals surface area contributed by atoms with Crippen LogP contribution in [0.15, 0.2) is 53.7 Å². The van der Waals surface area contributed by atoms with Gasteiger partial charge in [0.1, 0.15) is 12.2 Å². The zero-order valence-corrected chi connectivity index (χ0v) is 20.1. The van der Waals surface area contributed by atoms with Crippen LogP contribution >= 0.6 is 0 Å². The summed E-state index contributed by atoms with van der Waals surface area (Å²) >= 11 is 0. The van der Waals surface area contributed by atoms with Crippen molar-refractivity contribution in [3.05, 3.63) is 70.8 Å². The number of halogens is 3. The second kappa shape index (κ2) is 12.3. The number of alkyl halides is 3. The lowest BCUT2D eigenvalue weighted by Gasteiger charge is -2.42. The van der Waals surface area contributed by atoms with Crippen molar-refractivity contribution in [3.63, 3.8) is 0 Å². The molecule has 0 radical (unpaired) electrons. The summed E-state index contributed by atoms with van der Waals surface area (Å²) in [6.07, 6.45) is -1.72. The van der Waals surface area contributed by atoms with E-state index in [1.54, 1.807) is 38.7 Å². The fourth-order valence-electron chi connectivity index (χ4n) is 3.87. The Morgan fingerprint density at radius 3 is 2.20 bits per heavy atom. The Morgan fingerprint density at radius 1 is 0.914 bits per heavy atom. The van der Waals surface area contributed by atoms with E-state index >= 15 is 0 Å². The van der Waals surface area contributed by atoms with E-state index in [1.807, 2.05) is 38.1 Å². The summed E-state index contributed by atoms with van der Waals surface area (Å²) in [6, 6.07) is 12.5. The molecule has 0 unspecified atom stereocenters. The lowest BCUT2D eigenvalue weighted by Crippen LogP contribution is -2.59. The quantitative estimate of drug-likeness (QED) is 0.266. The first kappa shape index (κ1) is 26.9. The number of oxime groups is 1. The molecule has 6 nitrogen and oxygen atoms in total. The van der Waals surface area contributed by atoms with Crippen LogP contribution in [0.25, 0.3) is 12.2 Å². The van der Waals surface area contributed by atoms with Crippen molar-refractivity contribution in [3.8, 4) is 0 Å². The number of methoxy groups -OCH3 is 2. The third kappa shape index (κ3) is 7.14. The molecular formula is C26H30F3NO5. The molecule has 2 aromatic carbocycles. The Labute approximate surface area is 203 Å². The van der Waals surface area contributed by atoms with Crippen molar-refractivity contribution in [2.45, 2.75) is 50.7 Å².